The fourth-order valence-corrected chi connectivity index (χ4v) is 1.39. The second-order valence-electron chi connectivity index (χ2n) is 3.32. The van der Waals surface area contributed by atoms with Crippen molar-refractivity contribution < 1.29 is 19.0 Å². The fourth-order valence-electron chi connectivity index (χ4n) is 1.39. The summed E-state index contributed by atoms with van der Waals surface area (Å²) in [5.74, 6) is -1.44. The summed E-state index contributed by atoms with van der Waals surface area (Å²) in [6, 6.07) is 3.00. The van der Waals surface area contributed by atoms with Gasteiger partial charge in [-0.15, -0.1) is 0 Å². The molecular weight excluding hydrogens is 199 g/mol. The SMILES string of the molecule is COc1ccc(C(C)CC=O)c(O)c1F. The van der Waals surface area contributed by atoms with E-state index in [-0.39, 0.29) is 18.1 Å². The van der Waals surface area contributed by atoms with Crippen LogP contribution in [0.5, 0.6) is 11.5 Å². The van der Waals surface area contributed by atoms with Gasteiger partial charge in [0.05, 0.1) is 7.11 Å². The van der Waals surface area contributed by atoms with Gasteiger partial charge in [-0.05, 0) is 12.0 Å². The molecule has 0 bridgehead atoms. The summed E-state index contributed by atoms with van der Waals surface area (Å²) in [6.45, 7) is 1.75. The van der Waals surface area contributed by atoms with Crippen LogP contribution in [0.3, 0.4) is 0 Å². The number of hydrogen-bond donors (Lipinski definition) is 1. The van der Waals surface area contributed by atoms with Crippen LogP contribution in [0.15, 0.2) is 12.1 Å². The highest BCUT2D eigenvalue weighted by atomic mass is 19.1. The van der Waals surface area contributed by atoms with Gasteiger partial charge in [0.2, 0.25) is 5.82 Å². The minimum absolute atomic E-state index is 0.00504. The van der Waals surface area contributed by atoms with Gasteiger partial charge in [0.25, 0.3) is 0 Å². The maximum Gasteiger partial charge on any atom is 0.206 e. The smallest absolute Gasteiger partial charge is 0.206 e. The van der Waals surface area contributed by atoms with E-state index in [1.165, 1.54) is 13.2 Å². The van der Waals surface area contributed by atoms with Gasteiger partial charge >= 0.3 is 0 Å². The average molecular weight is 212 g/mol. The number of carbonyl (C=O) groups is 1. The third kappa shape index (κ3) is 2.26. The van der Waals surface area contributed by atoms with Crippen molar-refractivity contribution in [3.63, 3.8) is 0 Å². The van der Waals surface area contributed by atoms with Crippen LogP contribution in [0.2, 0.25) is 0 Å². The molecule has 82 valence electrons. The number of aromatic hydroxyl groups is 1. The maximum atomic E-state index is 13.4. The predicted molar refractivity (Wildman–Crippen MR) is 53.7 cm³/mol. The summed E-state index contributed by atoms with van der Waals surface area (Å²) in [4.78, 5) is 10.3. The van der Waals surface area contributed by atoms with Gasteiger partial charge < -0.3 is 14.6 Å². The first-order chi connectivity index (χ1) is 7.11. The topological polar surface area (TPSA) is 46.5 Å². The quantitative estimate of drug-likeness (QED) is 0.778. The lowest BCUT2D eigenvalue weighted by molar-refractivity contribution is -0.108. The van der Waals surface area contributed by atoms with Crippen molar-refractivity contribution in [3.05, 3.63) is 23.5 Å². The molecule has 15 heavy (non-hydrogen) atoms. The molecule has 0 radical (unpaired) electrons. The van der Waals surface area contributed by atoms with Crippen LogP contribution in [-0.4, -0.2) is 18.5 Å². The van der Waals surface area contributed by atoms with Crippen molar-refractivity contribution in [3.8, 4) is 11.5 Å². The second kappa shape index (κ2) is 4.77. The van der Waals surface area contributed by atoms with Gasteiger partial charge in [-0.3, -0.25) is 0 Å². The van der Waals surface area contributed by atoms with E-state index >= 15 is 0 Å². The monoisotopic (exact) mass is 212 g/mol. The lowest BCUT2D eigenvalue weighted by atomic mass is 9.97. The molecule has 0 saturated carbocycles. The molecule has 1 unspecified atom stereocenters. The molecule has 1 atom stereocenters. The molecule has 0 aliphatic heterocycles. The van der Waals surface area contributed by atoms with Gasteiger partial charge in [0, 0.05) is 12.0 Å². The van der Waals surface area contributed by atoms with Crippen molar-refractivity contribution in [1.82, 2.24) is 0 Å². The number of hydrogen-bond acceptors (Lipinski definition) is 3. The van der Waals surface area contributed by atoms with Crippen molar-refractivity contribution in [2.45, 2.75) is 19.3 Å². The van der Waals surface area contributed by atoms with E-state index in [2.05, 4.69) is 0 Å². The summed E-state index contributed by atoms with van der Waals surface area (Å²) < 4.78 is 18.1. The van der Waals surface area contributed by atoms with Crippen LogP contribution < -0.4 is 4.74 Å². The molecule has 0 amide bonds. The van der Waals surface area contributed by atoms with Crippen LogP contribution >= 0.6 is 0 Å². The molecule has 1 N–H and O–H groups in total. The minimum atomic E-state index is -0.784. The Bertz CT molecular complexity index is 363. The Morgan fingerprint density at radius 2 is 2.27 bits per heavy atom. The highest BCUT2D eigenvalue weighted by Crippen LogP contribution is 2.34. The zero-order valence-corrected chi connectivity index (χ0v) is 8.66. The fraction of sp³-hybridized carbons (Fsp3) is 0.364. The van der Waals surface area contributed by atoms with E-state index < -0.39 is 11.6 Å². The summed E-state index contributed by atoms with van der Waals surface area (Å²) in [5.41, 5.74) is 0.417. The van der Waals surface area contributed by atoms with Crippen molar-refractivity contribution in [1.29, 1.82) is 0 Å². The zero-order valence-electron chi connectivity index (χ0n) is 8.66. The number of benzene rings is 1. The predicted octanol–water partition coefficient (Wildman–Crippen LogP) is 2.23. The lowest BCUT2D eigenvalue weighted by Gasteiger charge is -2.12. The number of phenols is 1. The lowest BCUT2D eigenvalue weighted by Crippen LogP contribution is -1.98. The maximum absolute atomic E-state index is 13.4. The Labute approximate surface area is 87.5 Å². The first-order valence-electron chi connectivity index (χ1n) is 4.60. The summed E-state index contributed by atoms with van der Waals surface area (Å²) in [6.07, 6.45) is 0.992. The van der Waals surface area contributed by atoms with E-state index in [9.17, 15) is 14.3 Å². The molecule has 0 spiro atoms. The summed E-state index contributed by atoms with van der Waals surface area (Å²) >= 11 is 0. The molecule has 0 saturated heterocycles. The Kier molecular flexibility index (Phi) is 3.66. The third-order valence-corrected chi connectivity index (χ3v) is 2.31. The number of halogens is 1. The number of ether oxygens (including phenoxy) is 1. The molecule has 0 aromatic heterocycles. The van der Waals surface area contributed by atoms with E-state index in [4.69, 9.17) is 4.74 Å². The van der Waals surface area contributed by atoms with Gasteiger partial charge in [0.1, 0.15) is 6.29 Å². The highest BCUT2D eigenvalue weighted by Gasteiger charge is 2.16. The number of methoxy groups -OCH3 is 1. The number of carbonyl (C=O) groups excluding carboxylic acids is 1. The van der Waals surface area contributed by atoms with E-state index in [1.807, 2.05) is 0 Å². The zero-order chi connectivity index (χ0) is 11.4. The first kappa shape index (κ1) is 11.5. The molecule has 1 aromatic rings. The van der Waals surface area contributed by atoms with Crippen LogP contribution in [0, 0.1) is 5.82 Å². The van der Waals surface area contributed by atoms with Crippen molar-refractivity contribution in [2.24, 2.45) is 0 Å². The van der Waals surface area contributed by atoms with Gasteiger partial charge in [0.15, 0.2) is 11.5 Å². The first-order valence-corrected chi connectivity index (χ1v) is 4.60. The van der Waals surface area contributed by atoms with Crippen LogP contribution in [-0.2, 0) is 4.79 Å². The average Bonchev–Trinajstić information content (AvgIpc) is 2.22. The molecule has 3 nitrogen and oxygen atoms in total. The van der Waals surface area contributed by atoms with Gasteiger partial charge in [-0.2, -0.15) is 4.39 Å². The van der Waals surface area contributed by atoms with Crippen molar-refractivity contribution in [2.75, 3.05) is 7.11 Å². The van der Waals surface area contributed by atoms with Crippen LogP contribution in [0.1, 0.15) is 24.8 Å². The molecule has 0 heterocycles. The molecule has 0 aliphatic carbocycles. The van der Waals surface area contributed by atoms with Crippen molar-refractivity contribution >= 4 is 6.29 Å². The second-order valence-corrected chi connectivity index (χ2v) is 3.32. The number of phenolic OH excluding ortho intramolecular Hbond substituents is 1. The molecule has 1 aromatic carbocycles. The molecular formula is C11H13FO3. The Morgan fingerprint density at radius 1 is 1.60 bits per heavy atom. The van der Waals surface area contributed by atoms with Crippen LogP contribution in [0.4, 0.5) is 4.39 Å². The molecule has 0 aliphatic rings. The Balaban J connectivity index is 3.11. The number of aldehydes is 1. The number of rotatable bonds is 4. The van der Waals surface area contributed by atoms with Gasteiger partial charge in [-0.1, -0.05) is 13.0 Å². The Morgan fingerprint density at radius 3 is 2.80 bits per heavy atom. The van der Waals surface area contributed by atoms with Gasteiger partial charge in [-0.25, -0.2) is 0 Å². The van der Waals surface area contributed by atoms with E-state index in [0.29, 0.717) is 5.56 Å². The Hall–Kier alpha value is -1.58. The molecule has 0 fully saturated rings. The molecule has 1 rings (SSSR count). The largest absolute Gasteiger partial charge is 0.505 e. The standard InChI is InChI=1S/C11H13FO3/c1-7(5-6-13)8-3-4-9(15-2)10(12)11(8)14/h3-4,6-7,14H,5H2,1-2H3. The summed E-state index contributed by atoms with van der Waals surface area (Å²) in [7, 11) is 1.33. The highest BCUT2D eigenvalue weighted by molar-refractivity contribution is 5.53. The third-order valence-electron chi connectivity index (χ3n) is 2.31. The van der Waals surface area contributed by atoms with Crippen LogP contribution in [0.25, 0.3) is 0 Å². The van der Waals surface area contributed by atoms with E-state index in [0.717, 1.165) is 6.29 Å². The normalized spacial score (nSPS) is 12.2. The summed E-state index contributed by atoms with van der Waals surface area (Å²) in [5, 5.41) is 9.54. The van der Waals surface area contributed by atoms with E-state index in [1.54, 1.807) is 13.0 Å². The minimum Gasteiger partial charge on any atom is -0.505 e. The molecule has 4 heteroatoms.